The van der Waals surface area contributed by atoms with Crippen molar-refractivity contribution in [1.82, 2.24) is 5.32 Å². The SMILES string of the molecule is OCc1cccc(CNC2CC(c3cccc(Cl)c3)C2)c1. The van der Waals surface area contributed by atoms with Gasteiger partial charge >= 0.3 is 0 Å². The van der Waals surface area contributed by atoms with Gasteiger partial charge in [0.25, 0.3) is 0 Å². The van der Waals surface area contributed by atoms with Crippen molar-refractivity contribution in [3.05, 3.63) is 70.2 Å². The van der Waals surface area contributed by atoms with E-state index in [-0.39, 0.29) is 6.61 Å². The Bertz CT molecular complexity index is 608. The summed E-state index contributed by atoms with van der Waals surface area (Å²) in [6.45, 7) is 0.967. The predicted molar refractivity (Wildman–Crippen MR) is 86.4 cm³/mol. The second kappa shape index (κ2) is 6.61. The van der Waals surface area contributed by atoms with Gasteiger partial charge in [0.2, 0.25) is 0 Å². The first-order valence-corrected chi connectivity index (χ1v) is 7.80. The Morgan fingerprint density at radius 3 is 2.57 bits per heavy atom. The van der Waals surface area contributed by atoms with Gasteiger partial charge in [0, 0.05) is 17.6 Å². The van der Waals surface area contributed by atoms with Crippen molar-refractivity contribution >= 4 is 11.6 Å². The lowest BCUT2D eigenvalue weighted by Crippen LogP contribution is -2.39. The minimum absolute atomic E-state index is 0.105. The van der Waals surface area contributed by atoms with Crippen LogP contribution in [0.15, 0.2) is 48.5 Å². The predicted octanol–water partition coefficient (Wildman–Crippen LogP) is 3.87. The van der Waals surface area contributed by atoms with E-state index in [9.17, 15) is 0 Å². The van der Waals surface area contributed by atoms with E-state index in [1.165, 1.54) is 24.0 Å². The topological polar surface area (TPSA) is 32.3 Å². The molecule has 0 bridgehead atoms. The quantitative estimate of drug-likeness (QED) is 0.879. The van der Waals surface area contributed by atoms with Gasteiger partial charge in [-0.05, 0) is 47.6 Å². The van der Waals surface area contributed by atoms with E-state index in [2.05, 4.69) is 29.6 Å². The zero-order valence-electron chi connectivity index (χ0n) is 11.9. The maximum Gasteiger partial charge on any atom is 0.0681 e. The van der Waals surface area contributed by atoms with Gasteiger partial charge in [0.15, 0.2) is 0 Å². The number of aliphatic hydroxyl groups excluding tert-OH is 1. The summed E-state index contributed by atoms with van der Waals surface area (Å²) in [5.74, 6) is 0.630. The molecule has 1 aliphatic rings. The molecule has 0 atom stereocenters. The molecule has 110 valence electrons. The van der Waals surface area contributed by atoms with Gasteiger partial charge in [-0.1, -0.05) is 48.0 Å². The molecule has 2 aromatic carbocycles. The number of hydrogen-bond donors (Lipinski definition) is 2. The van der Waals surface area contributed by atoms with Crippen molar-refractivity contribution in [3.8, 4) is 0 Å². The van der Waals surface area contributed by atoms with Crippen LogP contribution in [0.5, 0.6) is 0 Å². The Morgan fingerprint density at radius 2 is 1.81 bits per heavy atom. The van der Waals surface area contributed by atoms with Gasteiger partial charge in [0.05, 0.1) is 6.61 Å². The van der Waals surface area contributed by atoms with Crippen LogP contribution < -0.4 is 5.32 Å². The molecule has 0 radical (unpaired) electrons. The minimum Gasteiger partial charge on any atom is -0.392 e. The van der Waals surface area contributed by atoms with Gasteiger partial charge in [0.1, 0.15) is 0 Å². The second-order valence-electron chi connectivity index (χ2n) is 5.78. The van der Waals surface area contributed by atoms with E-state index in [0.717, 1.165) is 17.1 Å². The molecule has 1 fully saturated rings. The monoisotopic (exact) mass is 301 g/mol. The van der Waals surface area contributed by atoms with Gasteiger partial charge < -0.3 is 10.4 Å². The Hall–Kier alpha value is -1.35. The first-order chi connectivity index (χ1) is 10.2. The Kier molecular flexibility index (Phi) is 4.59. The number of rotatable bonds is 5. The fraction of sp³-hybridized carbons (Fsp3) is 0.333. The van der Waals surface area contributed by atoms with E-state index in [0.29, 0.717) is 12.0 Å². The lowest BCUT2D eigenvalue weighted by molar-refractivity contribution is 0.281. The van der Waals surface area contributed by atoms with Crippen LogP contribution in [0, 0.1) is 0 Å². The average molecular weight is 302 g/mol. The van der Waals surface area contributed by atoms with Gasteiger partial charge in [-0.3, -0.25) is 0 Å². The number of aliphatic hydroxyl groups is 1. The fourth-order valence-corrected chi connectivity index (χ4v) is 3.12. The van der Waals surface area contributed by atoms with Crippen molar-refractivity contribution in [3.63, 3.8) is 0 Å². The van der Waals surface area contributed by atoms with Crippen LogP contribution >= 0.6 is 11.6 Å². The van der Waals surface area contributed by atoms with Crippen LogP contribution in [0.2, 0.25) is 5.02 Å². The van der Waals surface area contributed by atoms with E-state index in [1.807, 2.05) is 24.3 Å². The summed E-state index contributed by atoms with van der Waals surface area (Å²) in [6, 6.07) is 16.9. The first kappa shape index (κ1) is 14.6. The van der Waals surface area contributed by atoms with Crippen molar-refractivity contribution in [2.75, 3.05) is 0 Å². The highest BCUT2D eigenvalue weighted by Gasteiger charge is 2.29. The normalized spacial score (nSPS) is 21.0. The molecule has 1 aliphatic carbocycles. The average Bonchev–Trinajstić information content (AvgIpc) is 2.46. The maximum absolute atomic E-state index is 9.15. The molecule has 2 nitrogen and oxygen atoms in total. The Balaban J connectivity index is 1.49. The highest BCUT2D eigenvalue weighted by Crippen LogP contribution is 2.37. The van der Waals surface area contributed by atoms with Crippen molar-refractivity contribution in [1.29, 1.82) is 0 Å². The molecule has 3 heteroatoms. The molecular formula is C18H20ClNO. The van der Waals surface area contributed by atoms with Crippen LogP contribution in [0.3, 0.4) is 0 Å². The summed E-state index contributed by atoms with van der Waals surface area (Å²) in [5.41, 5.74) is 3.55. The standard InChI is InChI=1S/C18H20ClNO/c19-17-6-2-5-15(8-17)16-9-18(10-16)20-11-13-3-1-4-14(7-13)12-21/h1-8,16,18,20-21H,9-12H2. The molecule has 3 rings (SSSR count). The minimum atomic E-state index is 0.105. The fourth-order valence-electron chi connectivity index (χ4n) is 2.92. The Labute approximate surface area is 130 Å². The molecule has 0 spiro atoms. The maximum atomic E-state index is 9.15. The molecule has 2 N–H and O–H groups in total. The van der Waals surface area contributed by atoms with E-state index >= 15 is 0 Å². The van der Waals surface area contributed by atoms with Crippen molar-refractivity contribution in [2.45, 2.75) is 38.0 Å². The zero-order valence-corrected chi connectivity index (χ0v) is 12.7. The van der Waals surface area contributed by atoms with Gasteiger partial charge in [-0.15, -0.1) is 0 Å². The van der Waals surface area contributed by atoms with Gasteiger partial charge in [-0.25, -0.2) is 0 Å². The molecule has 0 amide bonds. The van der Waals surface area contributed by atoms with Gasteiger partial charge in [-0.2, -0.15) is 0 Å². The Morgan fingerprint density at radius 1 is 1.05 bits per heavy atom. The van der Waals surface area contributed by atoms with Crippen LogP contribution in [-0.2, 0) is 13.2 Å². The molecule has 0 saturated heterocycles. The lowest BCUT2D eigenvalue weighted by Gasteiger charge is -2.36. The zero-order chi connectivity index (χ0) is 14.7. The smallest absolute Gasteiger partial charge is 0.0681 e. The molecule has 0 aromatic heterocycles. The summed E-state index contributed by atoms with van der Waals surface area (Å²) in [6.07, 6.45) is 2.33. The summed E-state index contributed by atoms with van der Waals surface area (Å²) < 4.78 is 0. The number of halogens is 1. The van der Waals surface area contributed by atoms with E-state index < -0.39 is 0 Å². The highest BCUT2D eigenvalue weighted by atomic mass is 35.5. The third-order valence-electron chi connectivity index (χ3n) is 4.23. The molecule has 0 aliphatic heterocycles. The third kappa shape index (κ3) is 3.65. The number of benzene rings is 2. The third-order valence-corrected chi connectivity index (χ3v) is 4.46. The lowest BCUT2D eigenvalue weighted by atomic mass is 9.76. The van der Waals surface area contributed by atoms with Crippen LogP contribution in [0.1, 0.15) is 35.4 Å². The summed E-state index contributed by atoms with van der Waals surface area (Å²) in [5, 5.41) is 13.6. The van der Waals surface area contributed by atoms with Crippen LogP contribution in [0.4, 0.5) is 0 Å². The first-order valence-electron chi connectivity index (χ1n) is 7.42. The summed E-state index contributed by atoms with van der Waals surface area (Å²) in [4.78, 5) is 0. The molecule has 0 unspecified atom stereocenters. The van der Waals surface area contributed by atoms with Crippen LogP contribution in [-0.4, -0.2) is 11.1 Å². The molecular weight excluding hydrogens is 282 g/mol. The van der Waals surface area contributed by atoms with Crippen molar-refractivity contribution < 1.29 is 5.11 Å². The molecule has 0 heterocycles. The van der Waals surface area contributed by atoms with E-state index in [1.54, 1.807) is 0 Å². The molecule has 21 heavy (non-hydrogen) atoms. The number of nitrogens with one attached hydrogen (secondary N) is 1. The largest absolute Gasteiger partial charge is 0.392 e. The van der Waals surface area contributed by atoms with Crippen LogP contribution in [0.25, 0.3) is 0 Å². The summed E-state index contributed by atoms with van der Waals surface area (Å²) in [7, 11) is 0. The molecule has 2 aromatic rings. The van der Waals surface area contributed by atoms with E-state index in [4.69, 9.17) is 16.7 Å². The summed E-state index contributed by atoms with van der Waals surface area (Å²) >= 11 is 6.04. The molecule has 1 saturated carbocycles. The highest BCUT2D eigenvalue weighted by molar-refractivity contribution is 6.30. The van der Waals surface area contributed by atoms with Crippen molar-refractivity contribution in [2.24, 2.45) is 0 Å². The number of hydrogen-bond acceptors (Lipinski definition) is 2. The second-order valence-corrected chi connectivity index (χ2v) is 6.22.